The zero-order valence-electron chi connectivity index (χ0n) is 30.0. The monoisotopic (exact) mass is 661 g/mol. The van der Waals surface area contributed by atoms with Gasteiger partial charge in [-0.2, -0.15) is 10.2 Å². The minimum atomic E-state index is -0.231. The van der Waals surface area contributed by atoms with Crippen molar-refractivity contribution in [2.24, 2.45) is 0 Å². The van der Waals surface area contributed by atoms with Crippen LogP contribution in [0.4, 0.5) is 23.1 Å². The molecule has 0 unspecified atom stereocenters. The lowest BCUT2D eigenvalue weighted by molar-refractivity contribution is -0.143. The van der Waals surface area contributed by atoms with Gasteiger partial charge in [-0.15, -0.1) is 6.42 Å². The molecule has 1 aromatic heterocycles. The molecule has 0 aliphatic rings. The highest BCUT2D eigenvalue weighted by Gasteiger charge is 2.16. The topological polar surface area (TPSA) is 91.1 Å². The third-order valence-corrected chi connectivity index (χ3v) is 8.73. The number of nitrogens with one attached hydrogen (secondary N) is 1. The second-order valence-electron chi connectivity index (χ2n) is 12.8. The van der Waals surface area contributed by atoms with Gasteiger partial charge in [0.25, 0.3) is 0 Å². The molecule has 0 saturated heterocycles. The minimum absolute atomic E-state index is 0.0194. The molecule has 0 aliphatic heterocycles. The smallest absolute Gasteiger partial charge is 0.307 e. The Balaban J connectivity index is 1.48. The van der Waals surface area contributed by atoms with Gasteiger partial charge in [-0.3, -0.25) is 9.69 Å². The summed E-state index contributed by atoms with van der Waals surface area (Å²) in [6.07, 6.45) is 30.2. The van der Waals surface area contributed by atoms with Gasteiger partial charge in [-0.25, -0.2) is 4.98 Å². The summed E-state index contributed by atoms with van der Waals surface area (Å²) in [5.74, 6) is 3.40. The Morgan fingerprint density at radius 3 is 2.00 bits per heavy atom. The van der Waals surface area contributed by atoms with Crippen molar-refractivity contribution in [3.05, 3.63) is 77.0 Å². The quantitative estimate of drug-likeness (QED) is 0.0355. The van der Waals surface area contributed by atoms with E-state index >= 15 is 0 Å². The first-order valence-corrected chi connectivity index (χ1v) is 18.2. The molecule has 0 amide bonds. The van der Waals surface area contributed by atoms with Crippen LogP contribution in [0.2, 0.25) is 0 Å². The largest absolute Gasteiger partial charge is 0.444 e. The van der Waals surface area contributed by atoms with E-state index in [1.807, 2.05) is 56.3 Å². The Labute approximate surface area is 295 Å². The van der Waals surface area contributed by atoms with Crippen LogP contribution >= 0.6 is 0 Å². The maximum Gasteiger partial charge on any atom is 0.307 e. The predicted octanol–water partition coefficient (Wildman–Crippen LogP) is 11.3. The van der Waals surface area contributed by atoms with Crippen molar-refractivity contribution in [3.8, 4) is 18.4 Å². The summed E-state index contributed by atoms with van der Waals surface area (Å²) in [6, 6.07) is 15.3. The summed E-state index contributed by atoms with van der Waals surface area (Å²) < 4.78 is 5.75. The highest BCUT2D eigenvalue weighted by molar-refractivity contribution is 5.71. The number of carbonyl (C=O) groups excluding carboxylic acids is 1. The molecule has 260 valence electrons. The van der Waals surface area contributed by atoms with Crippen molar-refractivity contribution in [3.63, 3.8) is 0 Å². The van der Waals surface area contributed by atoms with Crippen LogP contribution in [-0.4, -0.2) is 22.7 Å². The predicted molar refractivity (Wildman–Crippen MR) is 203 cm³/mol. The third-order valence-electron chi connectivity index (χ3n) is 8.73. The van der Waals surface area contributed by atoms with Crippen LogP contribution in [0, 0.1) is 37.5 Å². The number of anilines is 4. The standard InChI is InChI=1S/C42H55N5O2/c1-5-7-8-9-10-11-12-13-14-15-16-17-18-19-20-23-40(48)49-33-47(38-26-24-36(6-2)25-27-38)42-44-30-28-39(46-42)45-41-34(3)31-37(22-21-29-43)32-35(41)4/h2,21-22,24-28,30-32H,5,7-20,23,33H2,1,3-4H3,(H,44,45,46)/b22-21+. The second kappa shape index (κ2) is 22.9. The van der Waals surface area contributed by atoms with E-state index in [1.165, 1.54) is 83.1 Å². The molecule has 0 fully saturated rings. The highest BCUT2D eigenvalue weighted by atomic mass is 16.5. The van der Waals surface area contributed by atoms with Crippen LogP contribution in [0.5, 0.6) is 0 Å². The van der Waals surface area contributed by atoms with Gasteiger partial charge in [0.15, 0.2) is 6.73 Å². The van der Waals surface area contributed by atoms with Gasteiger partial charge in [0.05, 0.1) is 6.07 Å². The second-order valence-corrected chi connectivity index (χ2v) is 12.8. The highest BCUT2D eigenvalue weighted by Crippen LogP contribution is 2.28. The molecule has 0 aliphatic carbocycles. The van der Waals surface area contributed by atoms with Crippen LogP contribution in [0.1, 0.15) is 132 Å². The van der Waals surface area contributed by atoms with Gasteiger partial charge < -0.3 is 10.1 Å². The first kappa shape index (κ1) is 38.8. The molecule has 49 heavy (non-hydrogen) atoms. The Morgan fingerprint density at radius 1 is 0.878 bits per heavy atom. The van der Waals surface area contributed by atoms with E-state index < -0.39 is 0 Å². The average molecular weight is 662 g/mol. The molecule has 7 nitrogen and oxygen atoms in total. The van der Waals surface area contributed by atoms with Crippen LogP contribution in [-0.2, 0) is 9.53 Å². The number of aryl methyl sites for hydroxylation is 2. The number of nitriles is 1. The number of allylic oxidation sites excluding steroid dienone is 1. The SMILES string of the molecule is C#Cc1ccc(N(COC(=O)CCCCCCCCCCCCCCCCC)c2nccc(Nc3c(C)cc(/C=C/C#N)cc3C)n2)cc1. The van der Waals surface area contributed by atoms with Crippen molar-refractivity contribution >= 4 is 35.2 Å². The number of aromatic nitrogens is 2. The van der Waals surface area contributed by atoms with E-state index in [1.54, 1.807) is 23.2 Å². The summed E-state index contributed by atoms with van der Waals surface area (Å²) in [5, 5.41) is 12.3. The number of esters is 1. The van der Waals surface area contributed by atoms with Gasteiger partial charge >= 0.3 is 5.97 Å². The Bertz CT molecular complexity index is 1510. The number of nitrogens with zero attached hydrogens (tertiary/aromatic N) is 4. The number of hydrogen-bond donors (Lipinski definition) is 1. The fraction of sp³-hybridized carbons (Fsp3) is 0.476. The fourth-order valence-electron chi connectivity index (χ4n) is 5.93. The molecule has 1 heterocycles. The van der Waals surface area contributed by atoms with E-state index in [0.29, 0.717) is 18.2 Å². The average Bonchev–Trinajstić information content (AvgIpc) is 3.11. The lowest BCUT2D eigenvalue weighted by Crippen LogP contribution is -2.25. The molecule has 0 radical (unpaired) electrons. The molecule has 2 aromatic carbocycles. The number of benzene rings is 2. The molecule has 0 bridgehead atoms. The first-order chi connectivity index (χ1) is 23.9. The summed E-state index contributed by atoms with van der Waals surface area (Å²) in [6.45, 7) is 6.28. The van der Waals surface area contributed by atoms with E-state index in [-0.39, 0.29) is 12.7 Å². The Hall–Kier alpha value is -4.62. The summed E-state index contributed by atoms with van der Waals surface area (Å²) in [5.41, 5.74) is 5.44. The van der Waals surface area contributed by atoms with Gasteiger partial charge in [0, 0.05) is 35.6 Å². The van der Waals surface area contributed by atoms with Crippen molar-refractivity contribution in [1.82, 2.24) is 9.97 Å². The molecule has 0 saturated carbocycles. The lowest BCUT2D eigenvalue weighted by atomic mass is 10.0. The van der Waals surface area contributed by atoms with Crippen molar-refractivity contribution in [2.45, 2.75) is 124 Å². The molecule has 7 heteroatoms. The maximum absolute atomic E-state index is 12.8. The lowest BCUT2D eigenvalue weighted by Gasteiger charge is -2.23. The summed E-state index contributed by atoms with van der Waals surface area (Å²) in [4.78, 5) is 23.8. The van der Waals surface area contributed by atoms with Gasteiger partial charge in [0.2, 0.25) is 5.95 Å². The minimum Gasteiger partial charge on any atom is -0.444 e. The number of rotatable bonds is 23. The van der Waals surface area contributed by atoms with E-state index in [9.17, 15) is 4.79 Å². The maximum atomic E-state index is 12.8. The third kappa shape index (κ3) is 14.6. The molecule has 1 N–H and O–H groups in total. The number of unbranched alkanes of at least 4 members (excludes halogenated alkanes) is 14. The number of ether oxygens (including phenoxy) is 1. The van der Waals surface area contributed by atoms with Crippen LogP contribution in [0.25, 0.3) is 6.08 Å². The fourth-order valence-corrected chi connectivity index (χ4v) is 5.93. The van der Waals surface area contributed by atoms with Crippen molar-refractivity contribution in [2.75, 3.05) is 16.9 Å². The van der Waals surface area contributed by atoms with E-state index in [0.717, 1.165) is 52.9 Å². The first-order valence-electron chi connectivity index (χ1n) is 18.2. The van der Waals surface area contributed by atoms with Crippen LogP contribution in [0.15, 0.2) is 54.7 Å². The Morgan fingerprint density at radius 2 is 1.45 bits per heavy atom. The number of terminal acetylenes is 1. The molecule has 0 atom stereocenters. The van der Waals surface area contributed by atoms with Crippen molar-refractivity contribution < 1.29 is 9.53 Å². The summed E-state index contributed by atoms with van der Waals surface area (Å²) >= 11 is 0. The molecule has 3 rings (SSSR count). The van der Waals surface area contributed by atoms with Gasteiger partial charge in [-0.1, -0.05) is 103 Å². The summed E-state index contributed by atoms with van der Waals surface area (Å²) in [7, 11) is 0. The zero-order valence-corrected chi connectivity index (χ0v) is 30.0. The molecular formula is C42H55N5O2. The van der Waals surface area contributed by atoms with Gasteiger partial charge in [-0.05, 0) is 85.5 Å². The van der Waals surface area contributed by atoms with Crippen molar-refractivity contribution in [1.29, 1.82) is 5.26 Å². The van der Waals surface area contributed by atoms with Crippen LogP contribution < -0.4 is 10.2 Å². The number of hydrogen-bond acceptors (Lipinski definition) is 7. The Kier molecular flexibility index (Phi) is 18.1. The van der Waals surface area contributed by atoms with E-state index in [2.05, 4.69) is 23.1 Å². The zero-order chi connectivity index (χ0) is 35.1. The molecule has 3 aromatic rings. The normalized spacial score (nSPS) is 10.9. The van der Waals surface area contributed by atoms with Gasteiger partial charge in [0.1, 0.15) is 5.82 Å². The number of carbonyl (C=O) groups is 1. The van der Waals surface area contributed by atoms with Crippen LogP contribution in [0.3, 0.4) is 0 Å². The molecule has 0 spiro atoms. The van der Waals surface area contributed by atoms with E-state index in [4.69, 9.17) is 21.4 Å². The molecular weight excluding hydrogens is 606 g/mol.